The van der Waals surface area contributed by atoms with E-state index in [2.05, 4.69) is 26.8 Å². The summed E-state index contributed by atoms with van der Waals surface area (Å²) in [6.45, 7) is 8.40. The molecule has 0 bridgehead atoms. The summed E-state index contributed by atoms with van der Waals surface area (Å²) in [6.07, 6.45) is 5.28. The van der Waals surface area contributed by atoms with Gasteiger partial charge in [-0.25, -0.2) is 0 Å². The zero-order valence-electron chi connectivity index (χ0n) is 8.02. The zero-order chi connectivity index (χ0) is 8.85. The number of hydrogen-bond donors (Lipinski definition) is 1. The van der Waals surface area contributed by atoms with Crippen LogP contribution in [0.2, 0.25) is 0 Å². The Kier molecular flexibility index (Phi) is 4.67. The van der Waals surface area contributed by atoms with Crippen molar-refractivity contribution in [2.24, 2.45) is 11.7 Å². The highest BCUT2D eigenvalue weighted by Crippen LogP contribution is 2.12. The predicted octanol–water partition coefficient (Wildman–Crippen LogP) is 2.84. The third kappa shape index (κ3) is 5.71. The van der Waals surface area contributed by atoms with Gasteiger partial charge >= 0.3 is 0 Å². The molecule has 1 heteroatoms. The normalized spacial score (nSPS) is 14.3. The first-order valence-electron chi connectivity index (χ1n) is 4.15. The summed E-state index contributed by atoms with van der Waals surface area (Å²) >= 11 is 0. The maximum atomic E-state index is 5.56. The van der Waals surface area contributed by atoms with Gasteiger partial charge in [0.2, 0.25) is 0 Å². The van der Waals surface area contributed by atoms with Crippen LogP contribution in [0.1, 0.15) is 34.1 Å². The molecule has 64 valence electrons. The Labute approximate surface area is 70.0 Å². The maximum absolute atomic E-state index is 5.56. The average molecular weight is 153 g/mol. The Balaban J connectivity index is 4.10. The largest absolute Gasteiger partial charge is 0.402 e. The molecule has 0 unspecified atom stereocenters. The summed E-state index contributed by atoms with van der Waals surface area (Å²) in [5.74, 6) is 0.705. The van der Waals surface area contributed by atoms with Crippen LogP contribution in [0.5, 0.6) is 0 Å². The molecule has 0 saturated carbocycles. The van der Waals surface area contributed by atoms with Crippen LogP contribution in [0.4, 0.5) is 0 Å². The van der Waals surface area contributed by atoms with Gasteiger partial charge in [0.05, 0.1) is 0 Å². The van der Waals surface area contributed by atoms with Crippen molar-refractivity contribution in [1.82, 2.24) is 0 Å². The molecule has 0 aromatic rings. The van der Waals surface area contributed by atoms with E-state index in [9.17, 15) is 0 Å². The van der Waals surface area contributed by atoms with Crippen molar-refractivity contribution >= 4 is 0 Å². The molecule has 11 heavy (non-hydrogen) atoms. The van der Waals surface area contributed by atoms with Crippen molar-refractivity contribution in [3.8, 4) is 0 Å². The molecule has 0 rings (SSSR count). The summed E-state index contributed by atoms with van der Waals surface area (Å²) in [6, 6.07) is 0. The topological polar surface area (TPSA) is 26.0 Å². The van der Waals surface area contributed by atoms with E-state index in [1.807, 2.05) is 13.0 Å². The molecule has 0 aliphatic heterocycles. The highest BCUT2D eigenvalue weighted by molar-refractivity contribution is 5.20. The van der Waals surface area contributed by atoms with E-state index in [-0.39, 0.29) is 0 Å². The SMILES string of the molecule is C/C=C(\C=C(/C)N)CC(C)C. The molecule has 0 heterocycles. The molecular weight excluding hydrogens is 134 g/mol. The molecule has 0 radical (unpaired) electrons. The smallest absolute Gasteiger partial charge is 0.00515 e. The van der Waals surface area contributed by atoms with Crippen LogP contribution in [0, 0.1) is 5.92 Å². The summed E-state index contributed by atoms with van der Waals surface area (Å²) in [7, 11) is 0. The molecule has 0 aliphatic rings. The second kappa shape index (κ2) is 5.00. The van der Waals surface area contributed by atoms with Gasteiger partial charge in [0.25, 0.3) is 0 Å². The third-order valence-electron chi connectivity index (χ3n) is 1.43. The molecule has 2 N–H and O–H groups in total. The van der Waals surface area contributed by atoms with Gasteiger partial charge in [0.15, 0.2) is 0 Å². The highest BCUT2D eigenvalue weighted by Gasteiger charge is 1.96. The number of allylic oxidation sites excluding steroid dienone is 4. The lowest BCUT2D eigenvalue weighted by Gasteiger charge is -2.05. The van der Waals surface area contributed by atoms with Crippen LogP contribution < -0.4 is 5.73 Å². The van der Waals surface area contributed by atoms with Crippen molar-refractivity contribution in [3.63, 3.8) is 0 Å². The van der Waals surface area contributed by atoms with Crippen LogP contribution in [-0.4, -0.2) is 0 Å². The van der Waals surface area contributed by atoms with E-state index in [1.54, 1.807) is 0 Å². The van der Waals surface area contributed by atoms with Gasteiger partial charge in [-0.3, -0.25) is 0 Å². The van der Waals surface area contributed by atoms with E-state index in [4.69, 9.17) is 5.73 Å². The first kappa shape index (κ1) is 10.3. The summed E-state index contributed by atoms with van der Waals surface area (Å²) in [5, 5.41) is 0. The first-order chi connectivity index (χ1) is 5.06. The minimum absolute atomic E-state index is 0.705. The fraction of sp³-hybridized carbons (Fsp3) is 0.600. The fourth-order valence-electron chi connectivity index (χ4n) is 1.02. The van der Waals surface area contributed by atoms with E-state index >= 15 is 0 Å². The Bertz CT molecular complexity index is 160. The Morgan fingerprint density at radius 1 is 1.45 bits per heavy atom. The number of nitrogens with two attached hydrogens (primary N) is 1. The summed E-state index contributed by atoms with van der Waals surface area (Å²) in [4.78, 5) is 0. The molecular formula is C10H19N. The van der Waals surface area contributed by atoms with E-state index in [0.717, 1.165) is 12.1 Å². The summed E-state index contributed by atoms with van der Waals surface area (Å²) < 4.78 is 0. The quantitative estimate of drug-likeness (QED) is 0.620. The van der Waals surface area contributed by atoms with Gasteiger partial charge in [0.1, 0.15) is 0 Å². The van der Waals surface area contributed by atoms with Crippen molar-refractivity contribution in [2.75, 3.05) is 0 Å². The second-order valence-corrected chi connectivity index (χ2v) is 3.35. The van der Waals surface area contributed by atoms with Crippen molar-refractivity contribution in [1.29, 1.82) is 0 Å². The van der Waals surface area contributed by atoms with Crippen LogP contribution in [-0.2, 0) is 0 Å². The molecule has 0 amide bonds. The van der Waals surface area contributed by atoms with Gasteiger partial charge in [-0.15, -0.1) is 0 Å². The third-order valence-corrected chi connectivity index (χ3v) is 1.43. The van der Waals surface area contributed by atoms with E-state index in [1.165, 1.54) is 5.57 Å². The van der Waals surface area contributed by atoms with Gasteiger partial charge in [-0.05, 0) is 32.3 Å². The van der Waals surface area contributed by atoms with Crippen LogP contribution in [0.25, 0.3) is 0 Å². The molecule has 0 aromatic carbocycles. The lowest BCUT2D eigenvalue weighted by molar-refractivity contribution is 0.649. The Hall–Kier alpha value is -0.720. The Morgan fingerprint density at radius 3 is 2.27 bits per heavy atom. The lowest BCUT2D eigenvalue weighted by atomic mass is 10.0. The molecule has 0 saturated heterocycles. The molecule has 0 fully saturated rings. The lowest BCUT2D eigenvalue weighted by Crippen LogP contribution is -1.94. The first-order valence-corrected chi connectivity index (χ1v) is 4.15. The van der Waals surface area contributed by atoms with Crippen LogP contribution in [0.3, 0.4) is 0 Å². The Morgan fingerprint density at radius 2 is 2.00 bits per heavy atom. The average Bonchev–Trinajstić information content (AvgIpc) is 1.84. The number of hydrogen-bond acceptors (Lipinski definition) is 1. The second-order valence-electron chi connectivity index (χ2n) is 3.35. The van der Waals surface area contributed by atoms with Crippen molar-refractivity contribution < 1.29 is 0 Å². The van der Waals surface area contributed by atoms with Crippen LogP contribution in [0.15, 0.2) is 23.4 Å². The molecule has 1 nitrogen and oxygen atoms in total. The van der Waals surface area contributed by atoms with Gasteiger partial charge < -0.3 is 5.73 Å². The monoisotopic (exact) mass is 153 g/mol. The molecule has 0 aromatic heterocycles. The van der Waals surface area contributed by atoms with Crippen molar-refractivity contribution in [3.05, 3.63) is 23.4 Å². The minimum Gasteiger partial charge on any atom is -0.402 e. The van der Waals surface area contributed by atoms with Gasteiger partial charge in [0, 0.05) is 5.70 Å². The summed E-state index contributed by atoms with van der Waals surface area (Å²) in [5.41, 5.74) is 7.79. The predicted molar refractivity (Wildman–Crippen MR) is 51.2 cm³/mol. The van der Waals surface area contributed by atoms with Gasteiger partial charge in [-0.2, -0.15) is 0 Å². The molecule has 0 atom stereocenters. The van der Waals surface area contributed by atoms with E-state index < -0.39 is 0 Å². The zero-order valence-corrected chi connectivity index (χ0v) is 8.02. The number of rotatable bonds is 3. The van der Waals surface area contributed by atoms with Gasteiger partial charge in [-0.1, -0.05) is 25.5 Å². The molecule has 0 aliphatic carbocycles. The van der Waals surface area contributed by atoms with E-state index in [0.29, 0.717) is 5.92 Å². The maximum Gasteiger partial charge on any atom is 0.00515 e. The van der Waals surface area contributed by atoms with Crippen molar-refractivity contribution in [2.45, 2.75) is 34.1 Å². The molecule has 0 spiro atoms. The highest BCUT2D eigenvalue weighted by atomic mass is 14.5. The van der Waals surface area contributed by atoms with Crippen LogP contribution >= 0.6 is 0 Å². The minimum atomic E-state index is 0.705. The fourth-order valence-corrected chi connectivity index (χ4v) is 1.02. The standard InChI is InChI=1S/C10H19N/c1-5-10(6-8(2)3)7-9(4)11/h5,7-8H,6,11H2,1-4H3/b9-7+,10-5-.